The van der Waals surface area contributed by atoms with Crippen molar-refractivity contribution in [3.63, 3.8) is 0 Å². The molecule has 0 aliphatic carbocycles. The zero-order valence-corrected chi connectivity index (χ0v) is 14.4. The van der Waals surface area contributed by atoms with Crippen molar-refractivity contribution in [2.45, 2.75) is 65.1 Å². The Morgan fingerprint density at radius 1 is 1.17 bits per heavy atom. The molecule has 23 heavy (non-hydrogen) atoms. The Morgan fingerprint density at radius 3 is 2.48 bits per heavy atom. The number of aryl methyl sites for hydroxylation is 2. The average Bonchev–Trinajstić information content (AvgIpc) is 2.83. The van der Waals surface area contributed by atoms with E-state index in [4.69, 9.17) is 0 Å². The summed E-state index contributed by atoms with van der Waals surface area (Å²) in [6.07, 6.45) is 4.74. The highest BCUT2D eigenvalue weighted by atomic mass is 16.3. The topological polar surface area (TPSA) is 82.0 Å². The molecule has 1 N–H and O–H groups in total. The Labute approximate surface area is 135 Å². The first-order valence-corrected chi connectivity index (χ1v) is 8.13. The van der Waals surface area contributed by atoms with Crippen LogP contribution in [0.5, 0.6) is 0 Å². The molecule has 0 amide bonds. The fourth-order valence-electron chi connectivity index (χ4n) is 2.80. The minimum atomic E-state index is -0.667. The molecular weight excluding hydrogens is 296 g/mol. The van der Waals surface area contributed by atoms with Crippen molar-refractivity contribution in [1.29, 1.82) is 0 Å². The Hall–Kier alpha value is -1.89. The van der Waals surface area contributed by atoms with Gasteiger partial charge in [0.15, 0.2) is 11.2 Å². The van der Waals surface area contributed by atoms with Gasteiger partial charge in [-0.05, 0) is 33.6 Å². The third kappa shape index (κ3) is 3.72. The largest absolute Gasteiger partial charge is 0.390 e. The summed E-state index contributed by atoms with van der Waals surface area (Å²) in [5.74, 6) is 0. The number of rotatable bonds is 7. The second-order valence-electron chi connectivity index (χ2n) is 6.63. The van der Waals surface area contributed by atoms with Crippen molar-refractivity contribution in [2.24, 2.45) is 7.05 Å². The molecule has 0 aliphatic heterocycles. The van der Waals surface area contributed by atoms with Crippen LogP contribution in [0.2, 0.25) is 0 Å². The first-order chi connectivity index (χ1) is 10.8. The molecule has 0 aliphatic rings. The van der Waals surface area contributed by atoms with Crippen LogP contribution in [-0.2, 0) is 20.1 Å². The summed E-state index contributed by atoms with van der Waals surface area (Å²) < 4.78 is 4.50. The summed E-state index contributed by atoms with van der Waals surface area (Å²) in [6, 6.07) is 0. The molecule has 7 heteroatoms. The number of aromatic nitrogens is 4. The number of aliphatic hydroxyl groups is 1. The van der Waals surface area contributed by atoms with Gasteiger partial charge in [0.2, 0.25) is 0 Å². The average molecular weight is 322 g/mol. The molecule has 2 aromatic heterocycles. The zero-order valence-electron chi connectivity index (χ0n) is 14.4. The normalized spacial score (nSPS) is 12.2. The maximum absolute atomic E-state index is 12.6. The zero-order chi connectivity index (χ0) is 17.2. The summed E-state index contributed by atoms with van der Waals surface area (Å²) in [4.78, 5) is 29.2. The molecule has 0 saturated carbocycles. The third-order valence-corrected chi connectivity index (χ3v) is 4.07. The molecule has 0 bridgehead atoms. The van der Waals surface area contributed by atoms with Crippen LogP contribution in [0.1, 0.15) is 46.5 Å². The third-order valence-electron chi connectivity index (χ3n) is 4.07. The monoisotopic (exact) mass is 322 g/mol. The van der Waals surface area contributed by atoms with Crippen molar-refractivity contribution in [1.82, 2.24) is 18.7 Å². The molecule has 7 nitrogen and oxygen atoms in total. The molecule has 2 aromatic rings. The van der Waals surface area contributed by atoms with Crippen molar-refractivity contribution in [2.75, 3.05) is 0 Å². The Kier molecular flexibility index (Phi) is 5.09. The number of imidazole rings is 1. The van der Waals surface area contributed by atoms with E-state index >= 15 is 0 Å². The van der Waals surface area contributed by atoms with Crippen molar-refractivity contribution in [3.8, 4) is 0 Å². The summed E-state index contributed by atoms with van der Waals surface area (Å²) in [7, 11) is 1.76. The van der Waals surface area contributed by atoms with Gasteiger partial charge in [-0.15, -0.1) is 0 Å². The fourth-order valence-corrected chi connectivity index (χ4v) is 2.80. The lowest BCUT2D eigenvalue weighted by molar-refractivity contribution is 0.0679. The molecule has 2 rings (SSSR count). The molecule has 0 atom stereocenters. The summed E-state index contributed by atoms with van der Waals surface area (Å²) in [5, 5.41) is 9.70. The molecule has 0 fully saturated rings. The van der Waals surface area contributed by atoms with Gasteiger partial charge < -0.3 is 9.67 Å². The van der Waals surface area contributed by atoms with Gasteiger partial charge in [0.25, 0.3) is 5.56 Å². The van der Waals surface area contributed by atoms with E-state index in [9.17, 15) is 14.7 Å². The van der Waals surface area contributed by atoms with Crippen LogP contribution >= 0.6 is 0 Å². The smallest absolute Gasteiger partial charge is 0.332 e. The van der Waals surface area contributed by atoms with Crippen LogP contribution in [0.4, 0.5) is 0 Å². The molecular formula is C16H26N4O3. The van der Waals surface area contributed by atoms with Gasteiger partial charge >= 0.3 is 5.69 Å². The molecule has 0 unspecified atom stereocenters. The van der Waals surface area contributed by atoms with Gasteiger partial charge in [0.1, 0.15) is 0 Å². The fraction of sp³-hybridized carbons (Fsp3) is 0.688. The summed E-state index contributed by atoms with van der Waals surface area (Å²) in [6.45, 7) is 6.31. The van der Waals surface area contributed by atoms with Crippen molar-refractivity contribution < 1.29 is 5.11 Å². The SMILES string of the molecule is CCn1c(=O)n(CCCCCC(C)(C)O)c(=O)c2c1ncn2C. The number of hydrogen-bond acceptors (Lipinski definition) is 4. The van der Waals surface area contributed by atoms with E-state index in [1.54, 1.807) is 31.8 Å². The van der Waals surface area contributed by atoms with Crippen LogP contribution in [-0.4, -0.2) is 29.4 Å². The van der Waals surface area contributed by atoms with Gasteiger partial charge in [-0.2, -0.15) is 0 Å². The van der Waals surface area contributed by atoms with Crippen LogP contribution in [0.3, 0.4) is 0 Å². The highest BCUT2D eigenvalue weighted by Crippen LogP contribution is 2.13. The van der Waals surface area contributed by atoms with Gasteiger partial charge in [0.05, 0.1) is 11.9 Å². The van der Waals surface area contributed by atoms with Gasteiger partial charge in [-0.3, -0.25) is 13.9 Å². The Bertz CT molecular complexity index is 792. The maximum Gasteiger partial charge on any atom is 0.332 e. The number of unbranched alkanes of at least 4 members (excludes halogenated alkanes) is 2. The molecule has 2 heterocycles. The predicted octanol–water partition coefficient (Wildman–Crippen LogP) is 1.25. The van der Waals surface area contributed by atoms with Crippen LogP contribution in [0.25, 0.3) is 11.2 Å². The standard InChI is InChI=1S/C16H26N4O3/c1-5-19-13-12(18(4)11-17-13)14(21)20(15(19)22)10-8-6-7-9-16(2,3)23/h11,23H,5-10H2,1-4H3. The predicted molar refractivity (Wildman–Crippen MR) is 89.7 cm³/mol. The number of hydrogen-bond donors (Lipinski definition) is 1. The van der Waals surface area contributed by atoms with Crippen molar-refractivity contribution in [3.05, 3.63) is 27.2 Å². The first-order valence-electron chi connectivity index (χ1n) is 8.13. The molecule has 128 valence electrons. The summed E-state index contributed by atoms with van der Waals surface area (Å²) in [5.41, 5.74) is -0.339. The van der Waals surface area contributed by atoms with E-state index in [2.05, 4.69) is 4.98 Å². The van der Waals surface area contributed by atoms with Gasteiger partial charge in [0, 0.05) is 20.1 Å². The van der Waals surface area contributed by atoms with E-state index in [1.807, 2.05) is 6.92 Å². The van der Waals surface area contributed by atoms with E-state index < -0.39 is 5.60 Å². The van der Waals surface area contributed by atoms with Crippen LogP contribution in [0, 0.1) is 0 Å². The molecule has 0 radical (unpaired) electrons. The lowest BCUT2D eigenvalue weighted by Crippen LogP contribution is -2.40. The maximum atomic E-state index is 12.6. The van der Waals surface area contributed by atoms with E-state index in [0.717, 1.165) is 19.3 Å². The molecule has 0 aromatic carbocycles. The minimum Gasteiger partial charge on any atom is -0.390 e. The van der Waals surface area contributed by atoms with Crippen molar-refractivity contribution >= 4 is 11.2 Å². The molecule has 0 spiro atoms. The lowest BCUT2D eigenvalue weighted by Gasteiger charge is -2.16. The molecule has 0 saturated heterocycles. The highest BCUT2D eigenvalue weighted by molar-refractivity contribution is 5.69. The van der Waals surface area contributed by atoms with E-state index in [0.29, 0.717) is 30.7 Å². The Balaban J connectivity index is 2.22. The minimum absolute atomic E-state index is 0.280. The van der Waals surface area contributed by atoms with E-state index in [-0.39, 0.29) is 11.2 Å². The van der Waals surface area contributed by atoms with Crippen LogP contribution in [0.15, 0.2) is 15.9 Å². The highest BCUT2D eigenvalue weighted by Gasteiger charge is 2.16. The van der Waals surface area contributed by atoms with E-state index in [1.165, 1.54) is 9.13 Å². The number of nitrogens with zero attached hydrogens (tertiary/aromatic N) is 4. The summed E-state index contributed by atoms with van der Waals surface area (Å²) >= 11 is 0. The quantitative estimate of drug-likeness (QED) is 0.778. The number of fused-ring (bicyclic) bond motifs is 1. The van der Waals surface area contributed by atoms with Crippen LogP contribution < -0.4 is 11.2 Å². The second-order valence-corrected chi connectivity index (χ2v) is 6.63. The second kappa shape index (κ2) is 6.70. The first kappa shape index (κ1) is 17.5. The van der Waals surface area contributed by atoms with Gasteiger partial charge in [-0.1, -0.05) is 12.8 Å². The van der Waals surface area contributed by atoms with Gasteiger partial charge in [-0.25, -0.2) is 9.78 Å². The lowest BCUT2D eigenvalue weighted by atomic mass is 10.0. The Morgan fingerprint density at radius 2 is 1.87 bits per heavy atom.